The standard InChI is InChI=1S/C13H15N3O3/c1-15-5-6-16(13(15)19)10-4-2-3-9(7-10)8-11(14)12(17)18/h2-7,11H,8,14H2,1H3,(H,17,18). The number of aromatic nitrogens is 2. The van der Waals surface area contributed by atoms with Crippen LogP contribution in [0.2, 0.25) is 0 Å². The summed E-state index contributed by atoms with van der Waals surface area (Å²) >= 11 is 0. The van der Waals surface area contributed by atoms with Crippen LogP contribution in [0.25, 0.3) is 5.69 Å². The van der Waals surface area contributed by atoms with E-state index in [1.165, 1.54) is 9.13 Å². The minimum absolute atomic E-state index is 0.153. The first-order valence-corrected chi connectivity index (χ1v) is 5.80. The van der Waals surface area contributed by atoms with Crippen molar-refractivity contribution < 1.29 is 9.90 Å². The predicted octanol–water partition coefficient (Wildman–Crippen LogP) is 0.130. The fourth-order valence-corrected chi connectivity index (χ4v) is 1.84. The normalized spacial score (nSPS) is 12.3. The molecule has 1 heterocycles. The molecule has 1 atom stereocenters. The number of rotatable bonds is 4. The van der Waals surface area contributed by atoms with Gasteiger partial charge in [-0.05, 0) is 24.1 Å². The van der Waals surface area contributed by atoms with Crippen molar-refractivity contribution in [3.8, 4) is 5.69 Å². The van der Waals surface area contributed by atoms with Gasteiger partial charge in [0.2, 0.25) is 0 Å². The smallest absolute Gasteiger partial charge is 0.332 e. The lowest BCUT2D eigenvalue weighted by Gasteiger charge is -2.08. The average Bonchev–Trinajstić information content (AvgIpc) is 2.70. The maximum Gasteiger partial charge on any atom is 0.332 e. The minimum Gasteiger partial charge on any atom is -0.480 e. The Balaban J connectivity index is 2.32. The van der Waals surface area contributed by atoms with Gasteiger partial charge < -0.3 is 15.4 Å². The SMILES string of the molecule is Cn1ccn(-c2cccc(CC(N)C(=O)O)c2)c1=O. The van der Waals surface area contributed by atoms with Crippen molar-refractivity contribution in [3.05, 3.63) is 52.7 Å². The summed E-state index contributed by atoms with van der Waals surface area (Å²) in [4.78, 5) is 22.6. The van der Waals surface area contributed by atoms with E-state index in [9.17, 15) is 9.59 Å². The number of nitrogens with two attached hydrogens (primary N) is 1. The molecule has 0 fully saturated rings. The molecule has 0 saturated heterocycles. The Morgan fingerprint density at radius 1 is 1.42 bits per heavy atom. The zero-order valence-electron chi connectivity index (χ0n) is 10.5. The van der Waals surface area contributed by atoms with E-state index in [2.05, 4.69) is 0 Å². The van der Waals surface area contributed by atoms with Gasteiger partial charge in [-0.25, -0.2) is 4.79 Å². The molecule has 3 N–H and O–H groups in total. The second-order valence-corrected chi connectivity index (χ2v) is 4.38. The molecule has 0 spiro atoms. The topological polar surface area (TPSA) is 90.2 Å². The molecule has 0 aliphatic heterocycles. The summed E-state index contributed by atoms with van der Waals surface area (Å²) in [5.74, 6) is -1.04. The molecule has 0 amide bonds. The summed E-state index contributed by atoms with van der Waals surface area (Å²) in [7, 11) is 1.67. The molecule has 100 valence electrons. The third-order valence-electron chi connectivity index (χ3n) is 2.91. The maximum atomic E-state index is 11.8. The Hall–Kier alpha value is -2.34. The number of aliphatic carboxylic acids is 1. The predicted molar refractivity (Wildman–Crippen MR) is 70.3 cm³/mol. The first-order chi connectivity index (χ1) is 8.99. The van der Waals surface area contributed by atoms with E-state index >= 15 is 0 Å². The first kappa shape index (κ1) is 13.1. The molecule has 0 aliphatic rings. The number of nitrogens with zero attached hydrogens (tertiary/aromatic N) is 2. The second kappa shape index (κ2) is 5.11. The molecule has 0 radical (unpaired) electrons. The van der Waals surface area contributed by atoms with E-state index in [1.54, 1.807) is 43.7 Å². The van der Waals surface area contributed by atoms with Crippen molar-refractivity contribution in [1.82, 2.24) is 9.13 Å². The van der Waals surface area contributed by atoms with Gasteiger partial charge in [-0.2, -0.15) is 0 Å². The molecular weight excluding hydrogens is 246 g/mol. The molecule has 6 heteroatoms. The van der Waals surface area contributed by atoms with Gasteiger partial charge in [0.25, 0.3) is 0 Å². The fraction of sp³-hybridized carbons (Fsp3) is 0.231. The molecule has 1 unspecified atom stereocenters. The molecule has 6 nitrogen and oxygen atoms in total. The molecule has 1 aromatic carbocycles. The van der Waals surface area contributed by atoms with Crippen LogP contribution in [0.4, 0.5) is 0 Å². The van der Waals surface area contributed by atoms with E-state index in [0.29, 0.717) is 5.69 Å². The van der Waals surface area contributed by atoms with Crippen LogP contribution in [0, 0.1) is 0 Å². The van der Waals surface area contributed by atoms with E-state index in [4.69, 9.17) is 10.8 Å². The lowest BCUT2D eigenvalue weighted by molar-refractivity contribution is -0.138. The number of benzene rings is 1. The van der Waals surface area contributed by atoms with Crippen molar-refractivity contribution in [2.24, 2.45) is 12.8 Å². The van der Waals surface area contributed by atoms with Gasteiger partial charge in [-0.1, -0.05) is 12.1 Å². The highest BCUT2D eigenvalue weighted by Gasteiger charge is 2.12. The first-order valence-electron chi connectivity index (χ1n) is 5.80. The molecule has 0 bridgehead atoms. The van der Waals surface area contributed by atoms with Crippen molar-refractivity contribution in [3.63, 3.8) is 0 Å². The van der Waals surface area contributed by atoms with Crippen LogP contribution in [0.3, 0.4) is 0 Å². The van der Waals surface area contributed by atoms with Gasteiger partial charge in [0.1, 0.15) is 6.04 Å². The van der Waals surface area contributed by atoms with Gasteiger partial charge in [0.15, 0.2) is 0 Å². The lowest BCUT2D eigenvalue weighted by atomic mass is 10.1. The zero-order chi connectivity index (χ0) is 14.0. The Bertz CT molecular complexity index is 657. The van der Waals surface area contributed by atoms with E-state index in [0.717, 1.165) is 5.56 Å². The number of hydrogen-bond donors (Lipinski definition) is 2. The van der Waals surface area contributed by atoms with Gasteiger partial charge in [-0.15, -0.1) is 0 Å². The Labute approximate surface area is 109 Å². The van der Waals surface area contributed by atoms with E-state index in [1.807, 2.05) is 0 Å². The minimum atomic E-state index is -1.04. The lowest BCUT2D eigenvalue weighted by Crippen LogP contribution is -2.32. The quantitative estimate of drug-likeness (QED) is 0.818. The molecule has 2 rings (SSSR count). The van der Waals surface area contributed by atoms with E-state index < -0.39 is 12.0 Å². The van der Waals surface area contributed by atoms with Crippen LogP contribution in [0.5, 0.6) is 0 Å². The number of imidazole rings is 1. The maximum absolute atomic E-state index is 11.8. The number of hydrogen-bond acceptors (Lipinski definition) is 3. The van der Waals surface area contributed by atoms with E-state index in [-0.39, 0.29) is 12.1 Å². The summed E-state index contributed by atoms with van der Waals surface area (Å²) in [6.07, 6.45) is 3.56. The zero-order valence-corrected chi connectivity index (χ0v) is 10.5. The van der Waals surface area contributed by atoms with Crippen LogP contribution in [-0.2, 0) is 18.3 Å². The average molecular weight is 261 g/mol. The largest absolute Gasteiger partial charge is 0.480 e. The highest BCUT2D eigenvalue weighted by Crippen LogP contribution is 2.10. The van der Waals surface area contributed by atoms with Crippen molar-refractivity contribution in [2.75, 3.05) is 0 Å². The molecule has 1 aromatic heterocycles. The molecular formula is C13H15N3O3. The third-order valence-corrected chi connectivity index (χ3v) is 2.91. The molecule has 2 aromatic rings. The van der Waals surface area contributed by atoms with Crippen LogP contribution in [0.15, 0.2) is 41.5 Å². The number of carbonyl (C=O) groups is 1. The Morgan fingerprint density at radius 2 is 2.16 bits per heavy atom. The summed E-state index contributed by atoms with van der Waals surface area (Å²) in [5, 5.41) is 8.79. The van der Waals surface area contributed by atoms with Gasteiger partial charge in [0.05, 0.1) is 5.69 Å². The van der Waals surface area contributed by atoms with Gasteiger partial charge in [0, 0.05) is 19.4 Å². The summed E-state index contributed by atoms with van der Waals surface area (Å²) in [6.45, 7) is 0. The van der Waals surface area contributed by atoms with Crippen LogP contribution in [-0.4, -0.2) is 26.3 Å². The van der Waals surface area contributed by atoms with Gasteiger partial charge in [-0.3, -0.25) is 9.36 Å². The highest BCUT2D eigenvalue weighted by molar-refractivity contribution is 5.73. The Morgan fingerprint density at radius 3 is 2.74 bits per heavy atom. The fourth-order valence-electron chi connectivity index (χ4n) is 1.84. The van der Waals surface area contributed by atoms with Crippen LogP contribution >= 0.6 is 0 Å². The van der Waals surface area contributed by atoms with Crippen LogP contribution in [0.1, 0.15) is 5.56 Å². The molecule has 19 heavy (non-hydrogen) atoms. The monoisotopic (exact) mass is 261 g/mol. The summed E-state index contributed by atoms with van der Waals surface area (Å²) in [6, 6.07) is 6.18. The summed E-state index contributed by atoms with van der Waals surface area (Å²) in [5.41, 5.74) is 6.82. The Kier molecular flexibility index (Phi) is 3.52. The van der Waals surface area contributed by atoms with Crippen LogP contribution < -0.4 is 11.4 Å². The van der Waals surface area contributed by atoms with Crippen molar-refractivity contribution >= 4 is 5.97 Å². The summed E-state index contributed by atoms with van der Waals surface area (Å²) < 4.78 is 2.96. The molecule has 0 aliphatic carbocycles. The highest BCUT2D eigenvalue weighted by atomic mass is 16.4. The second-order valence-electron chi connectivity index (χ2n) is 4.38. The molecule has 0 saturated carbocycles. The van der Waals surface area contributed by atoms with Gasteiger partial charge >= 0.3 is 11.7 Å². The number of carboxylic acids is 1. The number of aryl methyl sites for hydroxylation is 1. The third kappa shape index (κ3) is 2.74. The number of carboxylic acid groups (broad SMARTS) is 1. The van der Waals surface area contributed by atoms with Crippen molar-refractivity contribution in [1.29, 1.82) is 0 Å². The van der Waals surface area contributed by atoms with Crippen molar-refractivity contribution in [2.45, 2.75) is 12.5 Å².